The number of carbonyl (C=O) groups is 1. The molecule has 4 rings (SSSR count). The molecular formula is C26H31N2OS2+. The van der Waals surface area contributed by atoms with Gasteiger partial charge in [-0.15, -0.1) is 23.1 Å². The highest BCUT2D eigenvalue weighted by Gasteiger charge is 2.33. The molecule has 0 bridgehead atoms. The minimum atomic E-state index is -0.0341. The Kier molecular flexibility index (Phi) is 7.16. The highest BCUT2D eigenvalue weighted by molar-refractivity contribution is 7.98. The van der Waals surface area contributed by atoms with Crippen LogP contribution in [-0.4, -0.2) is 25.3 Å². The van der Waals surface area contributed by atoms with Crippen molar-refractivity contribution in [3.8, 4) is 0 Å². The van der Waals surface area contributed by atoms with Crippen LogP contribution >= 0.6 is 23.1 Å². The van der Waals surface area contributed by atoms with Crippen LogP contribution in [0.15, 0.2) is 59.5 Å². The molecule has 0 unspecified atom stereocenters. The van der Waals surface area contributed by atoms with Gasteiger partial charge in [-0.2, -0.15) is 0 Å². The number of benzene rings is 2. The molecule has 1 aliphatic heterocycles. The lowest BCUT2D eigenvalue weighted by Crippen LogP contribution is -3.13. The molecule has 1 saturated heterocycles. The molecule has 5 heteroatoms. The second-order valence-corrected chi connectivity index (χ2v) is 10.4. The summed E-state index contributed by atoms with van der Waals surface area (Å²) in [7, 11) is 0. The Labute approximate surface area is 193 Å². The van der Waals surface area contributed by atoms with Gasteiger partial charge < -0.3 is 10.2 Å². The van der Waals surface area contributed by atoms with Crippen molar-refractivity contribution in [3.63, 3.8) is 0 Å². The van der Waals surface area contributed by atoms with Crippen LogP contribution in [0.25, 0.3) is 0 Å². The third-order valence-corrected chi connectivity index (χ3v) is 8.22. The van der Waals surface area contributed by atoms with E-state index in [1.165, 1.54) is 58.8 Å². The monoisotopic (exact) mass is 451 g/mol. The van der Waals surface area contributed by atoms with E-state index >= 15 is 0 Å². The number of thiophene rings is 1. The zero-order valence-electron chi connectivity index (χ0n) is 18.5. The van der Waals surface area contributed by atoms with Crippen LogP contribution in [0.1, 0.15) is 57.2 Å². The van der Waals surface area contributed by atoms with Gasteiger partial charge in [0.05, 0.1) is 18.7 Å². The second-order valence-electron chi connectivity index (χ2n) is 8.27. The Morgan fingerprint density at radius 2 is 1.68 bits per heavy atom. The van der Waals surface area contributed by atoms with Crippen molar-refractivity contribution in [1.29, 1.82) is 0 Å². The first-order valence-electron chi connectivity index (χ1n) is 11.0. The summed E-state index contributed by atoms with van der Waals surface area (Å²) < 4.78 is 0. The maximum atomic E-state index is 13.0. The van der Waals surface area contributed by atoms with E-state index in [4.69, 9.17) is 0 Å². The van der Waals surface area contributed by atoms with E-state index in [-0.39, 0.29) is 11.9 Å². The van der Waals surface area contributed by atoms with Crippen LogP contribution in [0.2, 0.25) is 0 Å². The molecule has 2 aromatic carbocycles. The summed E-state index contributed by atoms with van der Waals surface area (Å²) in [5, 5.41) is 4.26. The van der Waals surface area contributed by atoms with E-state index in [1.807, 2.05) is 30.3 Å². The Morgan fingerprint density at radius 1 is 1.00 bits per heavy atom. The van der Waals surface area contributed by atoms with E-state index in [9.17, 15) is 4.79 Å². The zero-order valence-corrected chi connectivity index (χ0v) is 20.2. The average molecular weight is 452 g/mol. The Bertz CT molecular complexity index is 1020. The molecule has 0 radical (unpaired) electrons. The molecule has 3 aromatic rings. The minimum Gasteiger partial charge on any atom is -0.325 e. The molecule has 1 aliphatic rings. The number of thioether (sulfide) groups is 1. The fourth-order valence-electron chi connectivity index (χ4n) is 4.55. The maximum absolute atomic E-state index is 13.0. The molecule has 1 atom stereocenters. The summed E-state index contributed by atoms with van der Waals surface area (Å²) in [6, 6.07) is 18.8. The second kappa shape index (κ2) is 10.0. The minimum absolute atomic E-state index is 0.0341. The van der Waals surface area contributed by atoms with Gasteiger partial charge in [-0.25, -0.2) is 0 Å². The van der Waals surface area contributed by atoms with Gasteiger partial charge in [-0.05, 0) is 69.2 Å². The Morgan fingerprint density at radius 3 is 2.32 bits per heavy atom. The average Bonchev–Trinajstić information content (AvgIpc) is 3.09. The first-order valence-corrected chi connectivity index (χ1v) is 13.1. The number of likely N-dealkylation sites (tertiary alicyclic amines) is 1. The zero-order chi connectivity index (χ0) is 21.8. The number of quaternary nitrogens is 1. The number of rotatable bonds is 6. The van der Waals surface area contributed by atoms with Gasteiger partial charge in [0.25, 0.3) is 5.91 Å². The van der Waals surface area contributed by atoms with Crippen LogP contribution in [0.4, 0.5) is 5.00 Å². The van der Waals surface area contributed by atoms with E-state index in [1.54, 1.807) is 28.0 Å². The lowest BCUT2D eigenvalue weighted by atomic mass is 9.93. The third-order valence-electron chi connectivity index (χ3n) is 6.34. The largest absolute Gasteiger partial charge is 0.325 e. The molecule has 1 amide bonds. The summed E-state index contributed by atoms with van der Waals surface area (Å²) in [6.07, 6.45) is 5.97. The number of piperidine rings is 1. The molecule has 2 heterocycles. The van der Waals surface area contributed by atoms with Gasteiger partial charge in [-0.3, -0.25) is 4.79 Å². The van der Waals surface area contributed by atoms with Crippen molar-refractivity contribution < 1.29 is 9.69 Å². The van der Waals surface area contributed by atoms with Crippen LogP contribution in [0.3, 0.4) is 0 Å². The van der Waals surface area contributed by atoms with E-state index in [0.717, 1.165) is 5.00 Å². The van der Waals surface area contributed by atoms with Gasteiger partial charge in [0, 0.05) is 20.9 Å². The molecule has 1 aromatic heterocycles. The molecule has 3 nitrogen and oxygen atoms in total. The van der Waals surface area contributed by atoms with Crippen molar-refractivity contribution in [1.82, 2.24) is 0 Å². The van der Waals surface area contributed by atoms with Crippen LogP contribution in [-0.2, 0) is 0 Å². The van der Waals surface area contributed by atoms with Crippen LogP contribution in [0, 0.1) is 13.8 Å². The maximum Gasteiger partial charge on any atom is 0.256 e. The van der Waals surface area contributed by atoms with Gasteiger partial charge in [0.2, 0.25) is 0 Å². The van der Waals surface area contributed by atoms with Crippen molar-refractivity contribution in [2.24, 2.45) is 0 Å². The standard InChI is InChI=1S/C26H30N2OS2/c1-18-19(2)31-26(27-25(29)21-10-6-4-7-11-21)23(18)24(28-16-8-5-9-17-28)20-12-14-22(30-3)15-13-20/h4,6-7,10-15,24H,5,8-9,16-17H2,1-3H3,(H,27,29)/p+1/t24-/m1/s1. The van der Waals surface area contributed by atoms with Crippen molar-refractivity contribution in [3.05, 3.63) is 81.7 Å². The molecule has 2 N–H and O–H groups in total. The van der Waals surface area contributed by atoms with Crippen molar-refractivity contribution in [2.75, 3.05) is 24.7 Å². The summed E-state index contributed by atoms with van der Waals surface area (Å²) in [4.78, 5) is 17.2. The first kappa shape index (κ1) is 22.1. The molecule has 0 aliphatic carbocycles. The molecule has 162 valence electrons. The molecular weight excluding hydrogens is 420 g/mol. The summed E-state index contributed by atoms with van der Waals surface area (Å²) in [6.45, 7) is 6.73. The van der Waals surface area contributed by atoms with Gasteiger partial charge >= 0.3 is 0 Å². The number of amides is 1. The fraction of sp³-hybridized carbons (Fsp3) is 0.346. The lowest BCUT2D eigenvalue weighted by Gasteiger charge is -2.33. The summed E-state index contributed by atoms with van der Waals surface area (Å²) in [5.74, 6) is -0.0341. The SMILES string of the molecule is CSc1ccc([C@H](c2c(NC(=O)c3ccccc3)sc(C)c2C)[NH+]2CCCCC2)cc1. The Balaban J connectivity index is 1.75. The van der Waals surface area contributed by atoms with E-state index in [2.05, 4.69) is 49.7 Å². The molecule has 0 spiro atoms. The molecule has 1 fully saturated rings. The highest BCUT2D eigenvalue weighted by atomic mass is 32.2. The normalized spacial score (nSPS) is 15.6. The highest BCUT2D eigenvalue weighted by Crippen LogP contribution is 2.39. The summed E-state index contributed by atoms with van der Waals surface area (Å²) in [5.41, 5.74) is 4.64. The predicted molar refractivity (Wildman–Crippen MR) is 133 cm³/mol. The predicted octanol–water partition coefficient (Wildman–Crippen LogP) is 5.50. The number of anilines is 1. The van der Waals surface area contributed by atoms with Crippen molar-refractivity contribution >= 4 is 34.0 Å². The topological polar surface area (TPSA) is 33.5 Å². The first-order chi connectivity index (χ1) is 15.1. The lowest BCUT2D eigenvalue weighted by molar-refractivity contribution is -0.930. The smallest absolute Gasteiger partial charge is 0.256 e. The summed E-state index contributed by atoms with van der Waals surface area (Å²) >= 11 is 3.48. The third kappa shape index (κ3) is 4.89. The number of hydrogen-bond acceptors (Lipinski definition) is 3. The Hall–Kier alpha value is -2.08. The van der Waals surface area contributed by atoms with Crippen LogP contribution in [0.5, 0.6) is 0 Å². The van der Waals surface area contributed by atoms with Crippen molar-refractivity contribution in [2.45, 2.75) is 44.0 Å². The van der Waals surface area contributed by atoms with Gasteiger partial charge in [0.15, 0.2) is 0 Å². The fourth-order valence-corrected chi connectivity index (χ4v) is 6.05. The van der Waals surface area contributed by atoms with Gasteiger partial charge in [-0.1, -0.05) is 30.3 Å². The van der Waals surface area contributed by atoms with Crippen LogP contribution < -0.4 is 10.2 Å². The van der Waals surface area contributed by atoms with E-state index < -0.39 is 0 Å². The molecule has 31 heavy (non-hydrogen) atoms. The number of aryl methyl sites for hydroxylation is 1. The molecule has 0 saturated carbocycles. The quantitative estimate of drug-likeness (QED) is 0.486. The number of carbonyl (C=O) groups excluding carboxylic acids is 1. The van der Waals surface area contributed by atoms with E-state index in [0.29, 0.717) is 5.56 Å². The number of hydrogen-bond donors (Lipinski definition) is 2. The van der Waals surface area contributed by atoms with Gasteiger partial charge in [0.1, 0.15) is 11.0 Å². The number of nitrogens with one attached hydrogen (secondary N) is 2.